The van der Waals surface area contributed by atoms with Gasteiger partial charge in [0.2, 0.25) is 0 Å². The van der Waals surface area contributed by atoms with Crippen LogP contribution in [-0.4, -0.2) is 37.2 Å². The van der Waals surface area contributed by atoms with Crippen LogP contribution in [0.3, 0.4) is 0 Å². The first-order chi connectivity index (χ1) is 39.5. The lowest BCUT2D eigenvalue weighted by molar-refractivity contribution is -0.167. The lowest BCUT2D eigenvalue weighted by Crippen LogP contribution is -2.30. The molecule has 0 aliphatic heterocycles. The Labute approximate surface area is 496 Å². The Balaban J connectivity index is 4.27. The summed E-state index contributed by atoms with van der Waals surface area (Å²) in [7, 11) is 0. The second kappa shape index (κ2) is 68.1. The predicted molar refractivity (Wildman–Crippen MR) is 348 cm³/mol. The highest BCUT2D eigenvalue weighted by Crippen LogP contribution is 2.17. The van der Waals surface area contributed by atoms with E-state index in [1.807, 2.05) is 0 Å². The first-order valence-electron chi connectivity index (χ1n) is 34.6. The number of carbonyl (C=O) groups excluding carboxylic acids is 3. The molecule has 0 bridgehead atoms. The molecule has 0 spiro atoms. The molecule has 0 saturated carbocycles. The van der Waals surface area contributed by atoms with E-state index in [0.717, 1.165) is 96.3 Å². The van der Waals surface area contributed by atoms with Gasteiger partial charge in [-0.05, 0) is 96.3 Å². The van der Waals surface area contributed by atoms with Crippen molar-refractivity contribution in [3.63, 3.8) is 0 Å². The third-order valence-electron chi connectivity index (χ3n) is 15.1. The Morgan fingerprint density at radius 1 is 0.263 bits per heavy atom. The van der Waals surface area contributed by atoms with E-state index in [1.165, 1.54) is 212 Å². The Kier molecular flexibility index (Phi) is 65.2. The van der Waals surface area contributed by atoms with Crippen LogP contribution in [0.25, 0.3) is 0 Å². The molecular weight excluding hydrogens is 985 g/mol. The van der Waals surface area contributed by atoms with Crippen LogP contribution in [0, 0.1) is 0 Å². The van der Waals surface area contributed by atoms with Gasteiger partial charge in [-0.25, -0.2) is 0 Å². The number of carbonyl (C=O) groups is 3. The maximum absolute atomic E-state index is 12.9. The van der Waals surface area contributed by atoms with Gasteiger partial charge < -0.3 is 14.2 Å². The zero-order chi connectivity index (χ0) is 57.8. The Hall–Kier alpha value is -3.41. The molecule has 0 aromatic heterocycles. The normalized spacial score (nSPS) is 12.6. The maximum Gasteiger partial charge on any atom is 0.306 e. The quantitative estimate of drug-likeness (QED) is 0.0261. The van der Waals surface area contributed by atoms with Gasteiger partial charge in [-0.15, -0.1) is 0 Å². The average Bonchev–Trinajstić information content (AvgIpc) is 3.46. The Morgan fingerprint density at radius 2 is 0.487 bits per heavy atom. The fourth-order valence-electron chi connectivity index (χ4n) is 9.97. The van der Waals surface area contributed by atoms with Crippen molar-refractivity contribution in [2.24, 2.45) is 0 Å². The zero-order valence-electron chi connectivity index (χ0n) is 53.1. The molecule has 0 amide bonds. The largest absolute Gasteiger partial charge is 0.462 e. The van der Waals surface area contributed by atoms with E-state index < -0.39 is 6.10 Å². The zero-order valence-corrected chi connectivity index (χ0v) is 53.1. The highest BCUT2D eigenvalue weighted by atomic mass is 16.6. The predicted octanol–water partition coefficient (Wildman–Crippen LogP) is 23.8. The van der Waals surface area contributed by atoms with Gasteiger partial charge in [-0.1, -0.05) is 318 Å². The van der Waals surface area contributed by atoms with Crippen LogP contribution in [0.15, 0.2) is 85.1 Å². The third kappa shape index (κ3) is 65.4. The fourth-order valence-corrected chi connectivity index (χ4v) is 9.97. The van der Waals surface area contributed by atoms with Crippen molar-refractivity contribution in [2.45, 2.75) is 354 Å². The molecule has 0 aliphatic carbocycles. The minimum absolute atomic E-state index is 0.0747. The number of rotatable bonds is 63. The molecule has 0 aromatic rings. The number of ether oxygens (including phenoxy) is 3. The second-order valence-electron chi connectivity index (χ2n) is 23.1. The molecule has 1 atom stereocenters. The fraction of sp³-hybridized carbons (Fsp3) is 0.770. The van der Waals surface area contributed by atoms with E-state index in [-0.39, 0.29) is 31.1 Å². The van der Waals surface area contributed by atoms with Crippen molar-refractivity contribution >= 4 is 17.9 Å². The van der Waals surface area contributed by atoms with Crippen molar-refractivity contribution in [2.75, 3.05) is 13.2 Å². The molecule has 462 valence electrons. The summed E-state index contributed by atoms with van der Waals surface area (Å²) in [4.78, 5) is 38.4. The minimum atomic E-state index is -0.779. The molecule has 6 nitrogen and oxygen atoms in total. The van der Waals surface area contributed by atoms with Gasteiger partial charge in [0.15, 0.2) is 6.10 Å². The summed E-state index contributed by atoms with van der Waals surface area (Å²) in [5.74, 6) is -0.863. The lowest BCUT2D eigenvalue weighted by Gasteiger charge is -2.18. The first kappa shape index (κ1) is 76.6. The van der Waals surface area contributed by atoms with Crippen molar-refractivity contribution in [1.82, 2.24) is 0 Å². The monoisotopic (exact) mass is 1110 g/mol. The highest BCUT2D eigenvalue weighted by molar-refractivity contribution is 5.71. The number of unbranched alkanes of at least 4 members (excludes halogenated alkanes) is 38. The molecule has 80 heavy (non-hydrogen) atoms. The molecule has 0 fully saturated rings. The van der Waals surface area contributed by atoms with Gasteiger partial charge in [0.05, 0.1) is 0 Å². The third-order valence-corrected chi connectivity index (χ3v) is 15.1. The smallest absolute Gasteiger partial charge is 0.306 e. The SMILES string of the molecule is CC/C=C\C/C=C\C/C=C\C/C=C\CCCCCCCCCCCCCCC(=O)OCC(COC(=O)CCCCCCCCCCCCCC)OC(=O)CCCCCCCCCCCC/C=C\C/C=C\C/C=C\CCCCCCC. The van der Waals surface area contributed by atoms with Crippen LogP contribution in [0.2, 0.25) is 0 Å². The van der Waals surface area contributed by atoms with Crippen LogP contribution in [-0.2, 0) is 28.6 Å². The molecule has 0 N–H and O–H groups in total. The topological polar surface area (TPSA) is 78.9 Å². The number of hydrogen-bond acceptors (Lipinski definition) is 6. The Morgan fingerprint density at radius 3 is 0.762 bits per heavy atom. The van der Waals surface area contributed by atoms with Crippen LogP contribution < -0.4 is 0 Å². The number of hydrogen-bond donors (Lipinski definition) is 0. The molecule has 0 aromatic carbocycles. The van der Waals surface area contributed by atoms with Crippen LogP contribution in [0.4, 0.5) is 0 Å². The van der Waals surface area contributed by atoms with E-state index in [9.17, 15) is 14.4 Å². The van der Waals surface area contributed by atoms with Crippen LogP contribution in [0.5, 0.6) is 0 Å². The molecule has 0 heterocycles. The summed E-state index contributed by atoms with van der Waals surface area (Å²) in [6, 6.07) is 0. The molecular formula is C74H130O6. The molecule has 0 rings (SSSR count). The minimum Gasteiger partial charge on any atom is -0.462 e. The van der Waals surface area contributed by atoms with E-state index in [4.69, 9.17) is 14.2 Å². The van der Waals surface area contributed by atoms with Gasteiger partial charge in [-0.2, -0.15) is 0 Å². The van der Waals surface area contributed by atoms with E-state index in [2.05, 4.69) is 106 Å². The van der Waals surface area contributed by atoms with Gasteiger partial charge in [-0.3, -0.25) is 14.4 Å². The van der Waals surface area contributed by atoms with Crippen LogP contribution >= 0.6 is 0 Å². The van der Waals surface area contributed by atoms with E-state index >= 15 is 0 Å². The molecule has 0 saturated heterocycles. The highest BCUT2D eigenvalue weighted by Gasteiger charge is 2.19. The van der Waals surface area contributed by atoms with Crippen molar-refractivity contribution in [1.29, 1.82) is 0 Å². The van der Waals surface area contributed by atoms with E-state index in [0.29, 0.717) is 19.3 Å². The van der Waals surface area contributed by atoms with Crippen molar-refractivity contribution < 1.29 is 28.6 Å². The second-order valence-corrected chi connectivity index (χ2v) is 23.1. The van der Waals surface area contributed by atoms with Gasteiger partial charge >= 0.3 is 17.9 Å². The summed E-state index contributed by atoms with van der Waals surface area (Å²) in [5.41, 5.74) is 0. The molecule has 1 unspecified atom stereocenters. The van der Waals surface area contributed by atoms with Crippen molar-refractivity contribution in [3.05, 3.63) is 85.1 Å². The van der Waals surface area contributed by atoms with Gasteiger partial charge in [0, 0.05) is 19.3 Å². The van der Waals surface area contributed by atoms with Crippen LogP contribution in [0.1, 0.15) is 348 Å². The van der Waals surface area contributed by atoms with Gasteiger partial charge in [0.1, 0.15) is 13.2 Å². The summed E-state index contributed by atoms with van der Waals surface area (Å²) < 4.78 is 17.0. The first-order valence-corrected chi connectivity index (χ1v) is 34.6. The average molecular weight is 1120 g/mol. The summed E-state index contributed by atoms with van der Waals surface area (Å²) in [5, 5.41) is 0. The van der Waals surface area contributed by atoms with Crippen molar-refractivity contribution in [3.8, 4) is 0 Å². The molecule has 6 heteroatoms. The summed E-state index contributed by atoms with van der Waals surface area (Å²) in [6.07, 6.45) is 90.3. The number of allylic oxidation sites excluding steroid dienone is 14. The Bertz CT molecular complexity index is 1520. The standard InChI is InChI=1S/C74H130O6/c1-4-7-10-13-16-19-22-25-27-29-31-33-35-37-39-41-43-45-47-49-52-55-58-61-64-67-73(76)79-70-71(69-78-72(75)66-63-60-57-54-51-24-21-18-15-12-9-6-3)80-74(77)68-65-62-59-56-53-50-48-46-44-42-40-38-36-34-32-30-28-26-23-20-17-14-11-8-5-2/h7,10,16,19,23,25-27,30-33,36,38,71H,4-6,8-9,11-15,17-18,20-22,24,28-29,34-35,37,39-70H2,1-3H3/b10-7-,19-16-,26-23-,27-25-,32-30-,33-31-,38-36-. The van der Waals surface area contributed by atoms with Gasteiger partial charge in [0.25, 0.3) is 0 Å². The lowest BCUT2D eigenvalue weighted by atomic mass is 10.0. The molecule has 0 radical (unpaired) electrons. The summed E-state index contributed by atoms with van der Waals surface area (Å²) in [6.45, 7) is 6.55. The summed E-state index contributed by atoms with van der Waals surface area (Å²) >= 11 is 0. The number of esters is 3. The van der Waals surface area contributed by atoms with E-state index in [1.54, 1.807) is 0 Å². The maximum atomic E-state index is 12.9. The molecule has 0 aliphatic rings.